The number of hydrogen-bond acceptors (Lipinski definition) is 5. The lowest BCUT2D eigenvalue weighted by atomic mass is 10.2. The van der Waals surface area contributed by atoms with Gasteiger partial charge in [0.1, 0.15) is 36.1 Å². The fourth-order valence-corrected chi connectivity index (χ4v) is 2.84. The highest BCUT2D eigenvalue weighted by Gasteiger charge is 2.25. The quantitative estimate of drug-likeness (QED) is 0.882. The van der Waals surface area contributed by atoms with Gasteiger partial charge in [-0.05, 0) is 38.1 Å². The van der Waals surface area contributed by atoms with Gasteiger partial charge in [-0.3, -0.25) is 4.90 Å². The molecule has 0 amide bonds. The first-order chi connectivity index (χ1) is 11.6. The van der Waals surface area contributed by atoms with Crippen LogP contribution in [0, 0.1) is 13.8 Å². The Bertz CT molecular complexity index is 637. The molecule has 3 rings (SSSR count). The third kappa shape index (κ3) is 4.60. The van der Waals surface area contributed by atoms with Crippen molar-refractivity contribution in [3.05, 3.63) is 53.5 Å². The van der Waals surface area contributed by atoms with E-state index in [1.165, 1.54) is 5.56 Å². The topological polar surface area (TPSA) is 55.1 Å². The molecule has 1 aromatic carbocycles. The Morgan fingerprint density at radius 1 is 1.21 bits per heavy atom. The Hall–Kier alpha value is -1.82. The molecule has 2 aromatic rings. The van der Waals surface area contributed by atoms with Gasteiger partial charge in [0.25, 0.3) is 0 Å². The molecule has 0 aliphatic carbocycles. The van der Waals surface area contributed by atoms with Gasteiger partial charge in [-0.25, -0.2) is 0 Å². The molecule has 1 saturated heterocycles. The van der Waals surface area contributed by atoms with Crippen LogP contribution in [-0.2, 0) is 4.74 Å². The molecule has 1 aliphatic heterocycles. The third-order valence-corrected chi connectivity index (χ3v) is 4.16. The molecule has 2 atom stereocenters. The minimum atomic E-state index is -0.539. The van der Waals surface area contributed by atoms with Crippen molar-refractivity contribution in [3.8, 4) is 5.75 Å². The first kappa shape index (κ1) is 17.0. The predicted molar refractivity (Wildman–Crippen MR) is 91.3 cm³/mol. The van der Waals surface area contributed by atoms with E-state index < -0.39 is 6.10 Å². The Balaban J connectivity index is 1.47. The zero-order chi connectivity index (χ0) is 16.9. The van der Waals surface area contributed by atoms with Crippen LogP contribution in [0.3, 0.4) is 0 Å². The second kappa shape index (κ2) is 7.83. The monoisotopic (exact) mass is 331 g/mol. The van der Waals surface area contributed by atoms with Crippen LogP contribution >= 0.6 is 0 Å². The Morgan fingerprint density at radius 3 is 2.71 bits per heavy atom. The van der Waals surface area contributed by atoms with E-state index in [2.05, 4.69) is 4.90 Å². The fourth-order valence-electron chi connectivity index (χ4n) is 2.84. The smallest absolute Gasteiger partial charge is 0.134 e. The van der Waals surface area contributed by atoms with E-state index in [1.807, 2.05) is 50.2 Å². The number of β-amino-alcohol motifs (C(OH)–C–C–N with tert-alkyl or cyclic N) is 1. The van der Waals surface area contributed by atoms with Crippen LogP contribution < -0.4 is 4.74 Å². The Morgan fingerprint density at radius 2 is 2.00 bits per heavy atom. The highest BCUT2D eigenvalue weighted by Crippen LogP contribution is 2.24. The number of rotatable bonds is 6. The van der Waals surface area contributed by atoms with E-state index in [-0.39, 0.29) is 12.7 Å². The van der Waals surface area contributed by atoms with Gasteiger partial charge in [0.05, 0.1) is 6.61 Å². The highest BCUT2D eigenvalue weighted by atomic mass is 16.5. The first-order valence-electron chi connectivity index (χ1n) is 8.38. The SMILES string of the molecule is Cc1ccc(OCC(O)CN2CCOC(c3ccc(C)o3)C2)cc1. The van der Waals surface area contributed by atoms with E-state index in [0.717, 1.165) is 23.8 Å². The number of aliphatic hydroxyl groups is 1. The molecule has 2 unspecified atom stereocenters. The second-order valence-corrected chi connectivity index (χ2v) is 6.35. The molecule has 0 spiro atoms. The summed E-state index contributed by atoms with van der Waals surface area (Å²) in [6.07, 6.45) is -0.610. The highest BCUT2D eigenvalue weighted by molar-refractivity contribution is 5.26. The molecular weight excluding hydrogens is 306 g/mol. The van der Waals surface area contributed by atoms with Crippen LogP contribution in [-0.4, -0.2) is 49.0 Å². The van der Waals surface area contributed by atoms with Gasteiger partial charge in [-0.1, -0.05) is 17.7 Å². The molecule has 1 fully saturated rings. The van der Waals surface area contributed by atoms with E-state index in [4.69, 9.17) is 13.9 Å². The summed E-state index contributed by atoms with van der Waals surface area (Å²) in [5.74, 6) is 2.52. The maximum Gasteiger partial charge on any atom is 0.134 e. The van der Waals surface area contributed by atoms with Crippen LogP contribution in [0.15, 0.2) is 40.8 Å². The molecule has 24 heavy (non-hydrogen) atoms. The molecule has 130 valence electrons. The summed E-state index contributed by atoms with van der Waals surface area (Å²) in [4.78, 5) is 2.19. The van der Waals surface area contributed by atoms with Crippen molar-refractivity contribution >= 4 is 0 Å². The van der Waals surface area contributed by atoms with E-state index in [9.17, 15) is 5.11 Å². The number of ether oxygens (including phenoxy) is 2. The summed E-state index contributed by atoms with van der Waals surface area (Å²) in [6, 6.07) is 11.7. The Kier molecular flexibility index (Phi) is 5.56. The second-order valence-electron chi connectivity index (χ2n) is 6.35. The number of aliphatic hydroxyl groups excluding tert-OH is 1. The minimum absolute atomic E-state index is 0.0716. The van der Waals surface area contributed by atoms with Crippen molar-refractivity contribution in [2.45, 2.75) is 26.1 Å². The number of hydrogen-bond donors (Lipinski definition) is 1. The summed E-state index contributed by atoms with van der Waals surface area (Å²) in [5, 5.41) is 10.2. The van der Waals surface area contributed by atoms with Crippen molar-refractivity contribution in [2.24, 2.45) is 0 Å². The average Bonchev–Trinajstić information content (AvgIpc) is 3.01. The average molecular weight is 331 g/mol. The zero-order valence-corrected chi connectivity index (χ0v) is 14.3. The van der Waals surface area contributed by atoms with E-state index in [1.54, 1.807) is 0 Å². The van der Waals surface area contributed by atoms with Crippen LogP contribution in [0.2, 0.25) is 0 Å². The van der Waals surface area contributed by atoms with Crippen molar-refractivity contribution in [2.75, 3.05) is 32.8 Å². The summed E-state index contributed by atoms with van der Waals surface area (Å²) in [6.45, 7) is 6.96. The molecule has 5 heteroatoms. The molecule has 5 nitrogen and oxygen atoms in total. The van der Waals surface area contributed by atoms with Crippen molar-refractivity contribution in [3.63, 3.8) is 0 Å². The van der Waals surface area contributed by atoms with Gasteiger partial charge < -0.3 is 19.0 Å². The van der Waals surface area contributed by atoms with Gasteiger partial charge in [-0.15, -0.1) is 0 Å². The van der Waals surface area contributed by atoms with E-state index in [0.29, 0.717) is 19.7 Å². The number of aryl methyl sites for hydroxylation is 2. The molecule has 1 aliphatic rings. The van der Waals surface area contributed by atoms with Gasteiger partial charge in [0, 0.05) is 19.6 Å². The summed E-state index contributed by atoms with van der Waals surface area (Å²) in [7, 11) is 0. The lowest BCUT2D eigenvalue weighted by Crippen LogP contribution is -2.43. The molecule has 1 N–H and O–H groups in total. The number of furan rings is 1. The van der Waals surface area contributed by atoms with Crippen LogP contribution in [0.25, 0.3) is 0 Å². The van der Waals surface area contributed by atoms with Gasteiger partial charge >= 0.3 is 0 Å². The van der Waals surface area contributed by atoms with Gasteiger partial charge in [-0.2, -0.15) is 0 Å². The minimum Gasteiger partial charge on any atom is -0.491 e. The number of nitrogens with zero attached hydrogens (tertiary/aromatic N) is 1. The molecular formula is C19H25NO4. The summed E-state index contributed by atoms with van der Waals surface area (Å²) < 4.78 is 17.1. The van der Waals surface area contributed by atoms with E-state index >= 15 is 0 Å². The van der Waals surface area contributed by atoms with Gasteiger partial charge in [0.2, 0.25) is 0 Å². The normalized spacial score (nSPS) is 20.0. The van der Waals surface area contributed by atoms with Crippen molar-refractivity contribution in [1.82, 2.24) is 4.90 Å². The lowest BCUT2D eigenvalue weighted by Gasteiger charge is -2.33. The summed E-state index contributed by atoms with van der Waals surface area (Å²) in [5.41, 5.74) is 1.19. The maximum absolute atomic E-state index is 10.2. The summed E-state index contributed by atoms with van der Waals surface area (Å²) >= 11 is 0. The van der Waals surface area contributed by atoms with Crippen LogP contribution in [0.4, 0.5) is 0 Å². The largest absolute Gasteiger partial charge is 0.491 e. The molecule has 0 radical (unpaired) electrons. The lowest BCUT2D eigenvalue weighted by molar-refractivity contribution is -0.0543. The Labute approximate surface area is 142 Å². The molecule has 1 aromatic heterocycles. The standard InChI is InChI=1S/C19H25NO4/c1-14-3-6-17(7-4-14)23-13-16(21)11-20-9-10-22-19(12-20)18-8-5-15(2)24-18/h3-8,16,19,21H,9-13H2,1-2H3. The van der Waals surface area contributed by atoms with Crippen LogP contribution in [0.1, 0.15) is 23.2 Å². The maximum atomic E-state index is 10.2. The molecule has 0 saturated carbocycles. The van der Waals surface area contributed by atoms with Gasteiger partial charge in [0.15, 0.2) is 0 Å². The van der Waals surface area contributed by atoms with Crippen molar-refractivity contribution in [1.29, 1.82) is 0 Å². The predicted octanol–water partition coefficient (Wildman–Crippen LogP) is 2.71. The first-order valence-corrected chi connectivity index (χ1v) is 8.38. The molecule has 2 heterocycles. The van der Waals surface area contributed by atoms with Crippen molar-refractivity contribution < 1.29 is 19.0 Å². The molecule has 0 bridgehead atoms. The number of morpholine rings is 1. The number of benzene rings is 1. The third-order valence-electron chi connectivity index (χ3n) is 4.16. The fraction of sp³-hybridized carbons (Fsp3) is 0.474. The zero-order valence-electron chi connectivity index (χ0n) is 14.3. The van der Waals surface area contributed by atoms with Crippen LogP contribution in [0.5, 0.6) is 5.75 Å².